The Morgan fingerprint density at radius 2 is 1.50 bits per heavy atom. The molecule has 2 N–H and O–H groups in total. The summed E-state index contributed by atoms with van der Waals surface area (Å²) in [5, 5.41) is 4.58. The number of hydrogen-bond donors (Lipinski definition) is 2. The number of benzene rings is 2. The molecule has 0 radical (unpaired) electrons. The van der Waals surface area contributed by atoms with Gasteiger partial charge in [0.1, 0.15) is 5.75 Å². The zero-order valence-electron chi connectivity index (χ0n) is 12.5. The zero-order chi connectivity index (χ0) is 17.7. The van der Waals surface area contributed by atoms with E-state index >= 15 is 0 Å². The first-order valence-electron chi connectivity index (χ1n) is 6.73. The van der Waals surface area contributed by atoms with Gasteiger partial charge in [-0.25, -0.2) is 0 Å². The van der Waals surface area contributed by atoms with Gasteiger partial charge in [0.05, 0.1) is 12.7 Å². The average Bonchev–Trinajstić information content (AvgIpc) is 2.54. The first-order valence-corrected chi connectivity index (χ1v) is 6.73. The van der Waals surface area contributed by atoms with Crippen LogP contribution in [-0.4, -0.2) is 18.9 Å². The second-order valence-corrected chi connectivity index (χ2v) is 4.72. The second kappa shape index (κ2) is 7.03. The Labute approximate surface area is 135 Å². The molecule has 2 aromatic rings. The lowest BCUT2D eigenvalue weighted by Gasteiger charge is -2.09. The molecular formula is C16H13F3N2O3. The van der Waals surface area contributed by atoms with Gasteiger partial charge in [-0.3, -0.25) is 9.59 Å². The normalized spacial score (nSPS) is 10.8. The molecule has 0 saturated heterocycles. The van der Waals surface area contributed by atoms with Gasteiger partial charge in [-0.05, 0) is 36.4 Å². The molecule has 2 rings (SSSR count). The van der Waals surface area contributed by atoms with E-state index in [-0.39, 0.29) is 5.69 Å². The molecule has 0 bridgehead atoms. The zero-order valence-corrected chi connectivity index (χ0v) is 12.5. The molecule has 2 amide bonds. The number of ether oxygens (including phenoxy) is 1. The maximum Gasteiger partial charge on any atom is 0.416 e. The fraction of sp³-hybridized carbons (Fsp3) is 0.125. The predicted molar refractivity (Wildman–Crippen MR) is 81.7 cm³/mol. The van der Waals surface area contributed by atoms with Crippen molar-refractivity contribution >= 4 is 23.2 Å². The van der Waals surface area contributed by atoms with Crippen LogP contribution < -0.4 is 15.4 Å². The Morgan fingerprint density at radius 1 is 0.917 bits per heavy atom. The van der Waals surface area contributed by atoms with Crippen LogP contribution in [-0.2, 0) is 15.8 Å². The van der Waals surface area contributed by atoms with E-state index in [0.29, 0.717) is 11.4 Å². The SMILES string of the molecule is COc1cccc(NC(=O)C(=O)Nc2ccc(C(F)(F)F)cc2)c1. The van der Waals surface area contributed by atoms with Crippen molar-refractivity contribution in [2.45, 2.75) is 6.18 Å². The maximum atomic E-state index is 12.5. The third-order valence-corrected chi connectivity index (χ3v) is 3.00. The van der Waals surface area contributed by atoms with Crippen LogP contribution in [0.5, 0.6) is 5.75 Å². The fourth-order valence-electron chi connectivity index (χ4n) is 1.82. The van der Waals surface area contributed by atoms with E-state index < -0.39 is 23.6 Å². The Hall–Kier alpha value is -3.03. The van der Waals surface area contributed by atoms with Crippen LogP contribution in [0.15, 0.2) is 48.5 Å². The number of anilines is 2. The summed E-state index contributed by atoms with van der Waals surface area (Å²) in [6.07, 6.45) is -4.47. The van der Waals surface area contributed by atoms with Crippen molar-refractivity contribution in [1.82, 2.24) is 0 Å². The standard InChI is InChI=1S/C16H13F3N2O3/c1-24-13-4-2-3-12(9-13)21-15(23)14(22)20-11-7-5-10(6-8-11)16(17,18)19/h2-9H,1H3,(H,20,22)(H,21,23). The average molecular weight is 338 g/mol. The number of alkyl halides is 3. The summed E-state index contributed by atoms with van der Waals surface area (Å²) < 4.78 is 42.3. The van der Waals surface area contributed by atoms with E-state index in [1.807, 2.05) is 0 Å². The minimum absolute atomic E-state index is 0.0776. The smallest absolute Gasteiger partial charge is 0.416 e. The highest BCUT2D eigenvalue weighted by molar-refractivity contribution is 6.43. The number of halogens is 3. The molecule has 0 aliphatic rings. The molecule has 0 fully saturated rings. The lowest BCUT2D eigenvalue weighted by Crippen LogP contribution is -2.29. The molecule has 0 aromatic heterocycles. The molecule has 0 saturated carbocycles. The molecule has 5 nitrogen and oxygen atoms in total. The summed E-state index contributed by atoms with van der Waals surface area (Å²) in [5.74, 6) is -1.46. The van der Waals surface area contributed by atoms with Gasteiger partial charge in [-0.1, -0.05) is 6.07 Å². The number of hydrogen-bond acceptors (Lipinski definition) is 3. The molecule has 0 spiro atoms. The molecule has 0 heterocycles. The van der Waals surface area contributed by atoms with Crippen LogP contribution >= 0.6 is 0 Å². The summed E-state index contributed by atoms with van der Waals surface area (Å²) in [4.78, 5) is 23.6. The van der Waals surface area contributed by atoms with E-state index in [4.69, 9.17) is 4.74 Å². The molecule has 126 valence electrons. The van der Waals surface area contributed by atoms with E-state index in [2.05, 4.69) is 10.6 Å². The highest BCUT2D eigenvalue weighted by Gasteiger charge is 2.30. The van der Waals surface area contributed by atoms with Crippen molar-refractivity contribution in [2.24, 2.45) is 0 Å². The number of rotatable bonds is 3. The van der Waals surface area contributed by atoms with Crippen LogP contribution in [0.25, 0.3) is 0 Å². The van der Waals surface area contributed by atoms with Crippen molar-refractivity contribution in [2.75, 3.05) is 17.7 Å². The monoisotopic (exact) mass is 338 g/mol. The summed E-state index contributed by atoms with van der Waals surface area (Å²) in [7, 11) is 1.46. The Balaban J connectivity index is 1.99. The molecular weight excluding hydrogens is 325 g/mol. The molecule has 24 heavy (non-hydrogen) atoms. The number of amides is 2. The van der Waals surface area contributed by atoms with Crippen LogP contribution in [0, 0.1) is 0 Å². The fourth-order valence-corrected chi connectivity index (χ4v) is 1.82. The molecule has 0 unspecified atom stereocenters. The van der Waals surface area contributed by atoms with Crippen molar-refractivity contribution < 1.29 is 27.5 Å². The molecule has 0 aliphatic heterocycles. The highest BCUT2D eigenvalue weighted by atomic mass is 19.4. The highest BCUT2D eigenvalue weighted by Crippen LogP contribution is 2.29. The third kappa shape index (κ3) is 4.48. The van der Waals surface area contributed by atoms with E-state index in [9.17, 15) is 22.8 Å². The summed E-state index contributed by atoms with van der Waals surface area (Å²) in [5.41, 5.74) is -0.419. The number of nitrogens with one attached hydrogen (secondary N) is 2. The first-order chi connectivity index (χ1) is 11.3. The van der Waals surface area contributed by atoms with Gasteiger partial charge in [-0.15, -0.1) is 0 Å². The Kier molecular flexibility index (Phi) is 5.08. The van der Waals surface area contributed by atoms with Gasteiger partial charge in [0.25, 0.3) is 0 Å². The van der Waals surface area contributed by atoms with Gasteiger partial charge in [-0.2, -0.15) is 13.2 Å². The van der Waals surface area contributed by atoms with Gasteiger partial charge in [0, 0.05) is 17.4 Å². The first kappa shape index (κ1) is 17.3. The predicted octanol–water partition coefficient (Wildman–Crippen LogP) is 3.29. The summed E-state index contributed by atoms with van der Waals surface area (Å²) in [6, 6.07) is 10.1. The second-order valence-electron chi connectivity index (χ2n) is 4.72. The topological polar surface area (TPSA) is 67.4 Å². The Bertz CT molecular complexity index is 743. The van der Waals surface area contributed by atoms with E-state index in [1.54, 1.807) is 18.2 Å². The van der Waals surface area contributed by atoms with Gasteiger partial charge in [0.2, 0.25) is 0 Å². The number of carbonyl (C=O) groups excluding carboxylic acids is 2. The Morgan fingerprint density at radius 3 is 2.04 bits per heavy atom. The quantitative estimate of drug-likeness (QED) is 0.844. The van der Waals surface area contributed by atoms with Crippen LogP contribution in [0.3, 0.4) is 0 Å². The van der Waals surface area contributed by atoms with Crippen molar-refractivity contribution in [3.8, 4) is 5.75 Å². The molecule has 0 aliphatic carbocycles. The van der Waals surface area contributed by atoms with Crippen molar-refractivity contribution in [3.63, 3.8) is 0 Å². The molecule has 2 aromatic carbocycles. The van der Waals surface area contributed by atoms with Crippen LogP contribution in [0.1, 0.15) is 5.56 Å². The number of carbonyl (C=O) groups is 2. The minimum atomic E-state index is -4.47. The van der Waals surface area contributed by atoms with Crippen LogP contribution in [0.2, 0.25) is 0 Å². The molecule has 0 atom stereocenters. The molecule has 8 heteroatoms. The number of methoxy groups -OCH3 is 1. The van der Waals surface area contributed by atoms with E-state index in [0.717, 1.165) is 24.3 Å². The van der Waals surface area contributed by atoms with Crippen molar-refractivity contribution in [1.29, 1.82) is 0 Å². The van der Waals surface area contributed by atoms with Crippen molar-refractivity contribution in [3.05, 3.63) is 54.1 Å². The maximum absolute atomic E-state index is 12.5. The lowest BCUT2D eigenvalue weighted by molar-refractivity contribution is -0.137. The van der Waals surface area contributed by atoms with E-state index in [1.165, 1.54) is 13.2 Å². The van der Waals surface area contributed by atoms with Gasteiger partial charge < -0.3 is 15.4 Å². The van der Waals surface area contributed by atoms with Gasteiger partial charge in [0.15, 0.2) is 0 Å². The lowest BCUT2D eigenvalue weighted by atomic mass is 10.2. The summed E-state index contributed by atoms with van der Waals surface area (Å²) >= 11 is 0. The summed E-state index contributed by atoms with van der Waals surface area (Å²) in [6.45, 7) is 0. The van der Waals surface area contributed by atoms with Crippen LogP contribution in [0.4, 0.5) is 24.5 Å². The minimum Gasteiger partial charge on any atom is -0.497 e. The van der Waals surface area contributed by atoms with Gasteiger partial charge >= 0.3 is 18.0 Å². The third-order valence-electron chi connectivity index (χ3n) is 3.00. The largest absolute Gasteiger partial charge is 0.497 e.